The molecule has 2 rings (SSSR count). The molecule has 0 radical (unpaired) electrons. The molecule has 0 N–H and O–H groups in total. The van der Waals surface area contributed by atoms with Crippen molar-refractivity contribution in [3.63, 3.8) is 0 Å². The number of halogens is 1. The molecule has 0 amide bonds. The number of anilines is 1. The van der Waals surface area contributed by atoms with Crippen molar-refractivity contribution in [3.05, 3.63) is 10.0 Å². The second-order valence-electron chi connectivity index (χ2n) is 3.75. The summed E-state index contributed by atoms with van der Waals surface area (Å²) in [5, 5.41) is 1.11. The van der Waals surface area contributed by atoms with E-state index in [9.17, 15) is 4.79 Å². The van der Waals surface area contributed by atoms with Crippen LogP contribution in [0.1, 0.15) is 23.0 Å². The van der Waals surface area contributed by atoms with E-state index in [0.717, 1.165) is 37.5 Å². The third-order valence-corrected chi connectivity index (χ3v) is 3.87. The van der Waals surface area contributed by atoms with Crippen LogP contribution in [0.25, 0.3) is 0 Å². The van der Waals surface area contributed by atoms with E-state index < -0.39 is 0 Å². The second-order valence-corrected chi connectivity index (χ2v) is 5.12. The predicted molar refractivity (Wildman–Crippen MR) is 64.8 cm³/mol. The van der Waals surface area contributed by atoms with Gasteiger partial charge in [0, 0.05) is 19.7 Å². The molecule has 0 bridgehead atoms. The van der Waals surface area contributed by atoms with Crippen LogP contribution in [-0.2, 0) is 4.74 Å². The van der Waals surface area contributed by atoms with E-state index in [2.05, 4.69) is 9.88 Å². The van der Waals surface area contributed by atoms with E-state index in [1.807, 2.05) is 6.92 Å². The molecule has 0 aromatic carbocycles. The third kappa shape index (κ3) is 2.53. The Morgan fingerprint density at radius 1 is 1.69 bits per heavy atom. The molecule has 1 aliphatic heterocycles. The predicted octanol–water partition coefficient (Wildman–Crippen LogP) is 2.22. The van der Waals surface area contributed by atoms with Gasteiger partial charge < -0.3 is 9.64 Å². The lowest BCUT2D eigenvalue weighted by atomic mass is 10.4. The monoisotopic (exact) mass is 260 g/mol. The summed E-state index contributed by atoms with van der Waals surface area (Å²) < 4.78 is 5.55. The van der Waals surface area contributed by atoms with Crippen molar-refractivity contribution in [2.24, 2.45) is 0 Å². The van der Waals surface area contributed by atoms with Gasteiger partial charge in [-0.3, -0.25) is 4.79 Å². The average Bonchev–Trinajstić information content (AvgIpc) is 2.49. The van der Waals surface area contributed by atoms with Crippen molar-refractivity contribution < 1.29 is 9.53 Å². The minimum Gasteiger partial charge on any atom is -0.377 e. The van der Waals surface area contributed by atoms with Gasteiger partial charge >= 0.3 is 0 Å². The van der Waals surface area contributed by atoms with Crippen LogP contribution in [0.5, 0.6) is 0 Å². The maximum atomic E-state index is 10.7. The molecule has 2 heterocycles. The highest BCUT2D eigenvalue weighted by Crippen LogP contribution is 2.29. The Hall–Kier alpha value is -0.650. The summed E-state index contributed by atoms with van der Waals surface area (Å²) in [5.41, 5.74) is 0. The summed E-state index contributed by atoms with van der Waals surface area (Å²) in [7, 11) is 0. The van der Waals surface area contributed by atoms with Crippen molar-refractivity contribution >= 4 is 34.4 Å². The van der Waals surface area contributed by atoms with Crippen LogP contribution >= 0.6 is 22.9 Å². The molecule has 1 atom stereocenters. The molecule has 1 aromatic heterocycles. The number of hydrogen-bond acceptors (Lipinski definition) is 5. The zero-order valence-corrected chi connectivity index (χ0v) is 10.6. The maximum Gasteiger partial charge on any atom is 0.187 e. The lowest BCUT2D eigenvalue weighted by molar-refractivity contribution is 0.0821. The molecule has 16 heavy (non-hydrogen) atoms. The average molecular weight is 261 g/mol. The van der Waals surface area contributed by atoms with Gasteiger partial charge in [0.05, 0.1) is 6.10 Å². The summed E-state index contributed by atoms with van der Waals surface area (Å²) in [6, 6.07) is 0. The molecule has 1 aromatic rings. The van der Waals surface area contributed by atoms with Crippen LogP contribution in [-0.4, -0.2) is 37.1 Å². The Balaban J connectivity index is 2.18. The van der Waals surface area contributed by atoms with E-state index in [-0.39, 0.29) is 6.10 Å². The van der Waals surface area contributed by atoms with Gasteiger partial charge in [-0.1, -0.05) is 22.9 Å². The van der Waals surface area contributed by atoms with Gasteiger partial charge in [0.15, 0.2) is 16.6 Å². The van der Waals surface area contributed by atoms with Crippen LogP contribution < -0.4 is 4.90 Å². The fraction of sp³-hybridized carbons (Fsp3) is 0.600. The molecule has 0 spiro atoms. The first-order valence-corrected chi connectivity index (χ1v) is 6.38. The molecule has 1 saturated heterocycles. The largest absolute Gasteiger partial charge is 0.377 e. The Kier molecular flexibility index (Phi) is 3.78. The van der Waals surface area contributed by atoms with Crippen molar-refractivity contribution in [1.29, 1.82) is 0 Å². The smallest absolute Gasteiger partial charge is 0.187 e. The molecule has 1 aliphatic rings. The minimum atomic E-state index is 0.185. The van der Waals surface area contributed by atoms with E-state index in [1.54, 1.807) is 0 Å². The SMILES string of the molecule is CC1CN(c2nc(Cl)c(C=O)s2)CCCO1. The highest BCUT2D eigenvalue weighted by Gasteiger charge is 2.19. The Labute approximate surface area is 103 Å². The second kappa shape index (κ2) is 5.12. The number of ether oxygens (including phenoxy) is 1. The minimum absolute atomic E-state index is 0.185. The first-order chi connectivity index (χ1) is 7.70. The lowest BCUT2D eigenvalue weighted by Crippen LogP contribution is -2.29. The number of aromatic nitrogens is 1. The quantitative estimate of drug-likeness (QED) is 0.765. The highest BCUT2D eigenvalue weighted by atomic mass is 35.5. The van der Waals surface area contributed by atoms with Crippen LogP contribution in [0.2, 0.25) is 5.15 Å². The van der Waals surface area contributed by atoms with E-state index in [0.29, 0.717) is 10.0 Å². The topological polar surface area (TPSA) is 42.4 Å². The van der Waals surface area contributed by atoms with E-state index in [4.69, 9.17) is 16.3 Å². The molecular weight excluding hydrogens is 248 g/mol. The van der Waals surface area contributed by atoms with Crippen LogP contribution in [0.3, 0.4) is 0 Å². The van der Waals surface area contributed by atoms with Crippen LogP contribution in [0.4, 0.5) is 5.13 Å². The molecule has 4 nitrogen and oxygen atoms in total. The molecule has 1 unspecified atom stereocenters. The van der Waals surface area contributed by atoms with Crippen LogP contribution in [0.15, 0.2) is 0 Å². The number of carbonyl (C=O) groups excluding carboxylic acids is 1. The van der Waals surface area contributed by atoms with Crippen molar-refractivity contribution in [3.8, 4) is 0 Å². The number of hydrogen-bond donors (Lipinski definition) is 0. The summed E-state index contributed by atoms with van der Waals surface area (Å²) in [5.74, 6) is 0. The van der Waals surface area contributed by atoms with Gasteiger partial charge in [-0.05, 0) is 13.3 Å². The van der Waals surface area contributed by atoms with Gasteiger partial charge in [0.25, 0.3) is 0 Å². The number of nitrogens with zero attached hydrogens (tertiary/aromatic N) is 2. The molecule has 6 heteroatoms. The van der Waals surface area contributed by atoms with Crippen molar-refractivity contribution in [2.45, 2.75) is 19.4 Å². The number of rotatable bonds is 2. The van der Waals surface area contributed by atoms with Gasteiger partial charge in [-0.15, -0.1) is 0 Å². The van der Waals surface area contributed by atoms with E-state index >= 15 is 0 Å². The number of thiazole rings is 1. The normalized spacial score (nSPS) is 21.9. The summed E-state index contributed by atoms with van der Waals surface area (Å²) in [6.07, 6.45) is 1.91. The Bertz CT molecular complexity index is 383. The third-order valence-electron chi connectivity index (χ3n) is 2.43. The number of carbonyl (C=O) groups is 1. The Morgan fingerprint density at radius 3 is 3.19 bits per heavy atom. The van der Waals surface area contributed by atoms with Gasteiger partial charge in [0.1, 0.15) is 4.88 Å². The fourth-order valence-corrected chi connectivity index (χ4v) is 2.78. The standard InChI is InChI=1S/C10H13ClN2O2S/c1-7-5-13(3-2-4-15-7)10-12-9(11)8(6-14)16-10/h6-7H,2-5H2,1H3. The summed E-state index contributed by atoms with van der Waals surface area (Å²) >= 11 is 7.19. The van der Waals surface area contributed by atoms with Crippen molar-refractivity contribution in [1.82, 2.24) is 4.98 Å². The lowest BCUT2D eigenvalue weighted by Gasteiger charge is -2.20. The first kappa shape index (κ1) is 11.8. The van der Waals surface area contributed by atoms with Gasteiger partial charge in [-0.25, -0.2) is 4.98 Å². The first-order valence-electron chi connectivity index (χ1n) is 5.18. The molecule has 0 saturated carbocycles. The van der Waals surface area contributed by atoms with Gasteiger partial charge in [-0.2, -0.15) is 0 Å². The fourth-order valence-electron chi connectivity index (χ4n) is 1.68. The van der Waals surface area contributed by atoms with Crippen LogP contribution in [0, 0.1) is 0 Å². The number of aldehydes is 1. The zero-order chi connectivity index (χ0) is 11.5. The summed E-state index contributed by atoms with van der Waals surface area (Å²) in [4.78, 5) is 17.5. The summed E-state index contributed by atoms with van der Waals surface area (Å²) in [6.45, 7) is 4.50. The molecular formula is C10H13ClN2O2S. The zero-order valence-electron chi connectivity index (χ0n) is 8.98. The van der Waals surface area contributed by atoms with Crippen molar-refractivity contribution in [2.75, 3.05) is 24.6 Å². The van der Waals surface area contributed by atoms with Gasteiger partial charge in [0.2, 0.25) is 0 Å². The molecule has 0 aliphatic carbocycles. The maximum absolute atomic E-state index is 10.7. The Morgan fingerprint density at radius 2 is 2.50 bits per heavy atom. The molecule has 88 valence electrons. The highest BCUT2D eigenvalue weighted by molar-refractivity contribution is 7.17. The molecule has 1 fully saturated rings. The van der Waals surface area contributed by atoms with E-state index in [1.165, 1.54) is 11.3 Å².